The predicted molar refractivity (Wildman–Crippen MR) is 157 cm³/mol. The van der Waals surface area contributed by atoms with Gasteiger partial charge in [-0.15, -0.1) is 0 Å². The summed E-state index contributed by atoms with van der Waals surface area (Å²) in [6.45, 7) is 22.3. The van der Waals surface area contributed by atoms with E-state index in [4.69, 9.17) is 13.9 Å². The molecule has 0 aromatic carbocycles. The number of ether oxygens (including phenoxy) is 2. The largest absolute Gasteiger partial charge is 0.481 e. The van der Waals surface area contributed by atoms with Crippen LogP contribution in [0.25, 0.3) is 0 Å². The number of carbonyl (C=O) groups excluding carboxylic acids is 1. The maximum atomic E-state index is 12.5. The topological polar surface area (TPSA) is 82.1 Å². The SMILES string of the molecule is CCCC[Si](C)(C)C(CC)(CC)O[Si](C)(C)C(C)CCCOCCOC(=O)C1CCC(C)CC1C(=O)O. The quantitative estimate of drug-likeness (QED) is 0.106. The molecule has 0 radical (unpaired) electrons. The van der Waals surface area contributed by atoms with Crippen molar-refractivity contribution in [2.75, 3.05) is 19.8 Å². The van der Waals surface area contributed by atoms with Gasteiger partial charge in [-0.2, -0.15) is 0 Å². The number of esters is 1. The summed E-state index contributed by atoms with van der Waals surface area (Å²) in [5.74, 6) is -2.11. The molecule has 6 nitrogen and oxygen atoms in total. The molecule has 0 bridgehead atoms. The monoisotopic (exact) mass is 558 g/mol. The fraction of sp³-hybridized carbons (Fsp3) is 0.931. The van der Waals surface area contributed by atoms with Gasteiger partial charge in [-0.1, -0.05) is 66.6 Å². The molecule has 1 rings (SSSR count). The van der Waals surface area contributed by atoms with Crippen molar-refractivity contribution in [1.29, 1.82) is 0 Å². The second-order valence-electron chi connectivity index (χ2n) is 12.7. The number of hydrogen-bond donors (Lipinski definition) is 1. The highest BCUT2D eigenvalue weighted by Gasteiger charge is 2.48. The highest BCUT2D eigenvalue weighted by atomic mass is 28.4. The zero-order valence-corrected chi connectivity index (χ0v) is 27.5. The van der Waals surface area contributed by atoms with Crippen LogP contribution in [0.5, 0.6) is 0 Å². The van der Waals surface area contributed by atoms with Crippen LogP contribution in [0.4, 0.5) is 0 Å². The van der Waals surface area contributed by atoms with Crippen LogP contribution in [0.1, 0.15) is 92.4 Å². The zero-order valence-electron chi connectivity index (χ0n) is 25.5. The van der Waals surface area contributed by atoms with Crippen LogP contribution in [-0.2, 0) is 23.5 Å². The summed E-state index contributed by atoms with van der Waals surface area (Å²) in [5.41, 5.74) is 0.532. The highest BCUT2D eigenvalue weighted by Crippen LogP contribution is 2.41. The molecule has 0 saturated heterocycles. The van der Waals surface area contributed by atoms with Gasteiger partial charge in [0.05, 0.1) is 26.5 Å². The van der Waals surface area contributed by atoms with Gasteiger partial charge in [-0.05, 0) is 69.5 Å². The minimum absolute atomic E-state index is 0.0581. The molecule has 218 valence electrons. The Bertz CT molecular complexity index is 692. The molecule has 0 aromatic rings. The van der Waals surface area contributed by atoms with Gasteiger partial charge >= 0.3 is 11.9 Å². The summed E-state index contributed by atoms with van der Waals surface area (Å²) in [6.07, 6.45) is 8.79. The molecule has 1 aliphatic rings. The lowest BCUT2D eigenvalue weighted by molar-refractivity contribution is -0.161. The average Bonchev–Trinajstić information content (AvgIpc) is 2.84. The first-order valence-corrected chi connectivity index (χ1v) is 21.1. The third-order valence-electron chi connectivity index (χ3n) is 9.31. The molecule has 37 heavy (non-hydrogen) atoms. The molecule has 8 heteroatoms. The van der Waals surface area contributed by atoms with Gasteiger partial charge in [0.2, 0.25) is 0 Å². The van der Waals surface area contributed by atoms with Crippen LogP contribution in [0.15, 0.2) is 0 Å². The molecule has 4 unspecified atom stereocenters. The van der Waals surface area contributed by atoms with Gasteiger partial charge < -0.3 is 19.0 Å². The molecule has 0 aliphatic heterocycles. The minimum atomic E-state index is -1.90. The second kappa shape index (κ2) is 15.8. The Morgan fingerprint density at radius 2 is 1.62 bits per heavy atom. The van der Waals surface area contributed by atoms with Gasteiger partial charge in [0, 0.05) is 11.8 Å². The Morgan fingerprint density at radius 3 is 2.19 bits per heavy atom. The van der Waals surface area contributed by atoms with Gasteiger partial charge in [0.15, 0.2) is 8.32 Å². The molecule has 1 aliphatic carbocycles. The van der Waals surface area contributed by atoms with Crippen LogP contribution < -0.4 is 0 Å². The number of carboxylic acids is 1. The van der Waals surface area contributed by atoms with Crippen molar-refractivity contribution in [3.8, 4) is 0 Å². The Hall–Kier alpha value is -0.706. The maximum absolute atomic E-state index is 12.5. The molecule has 0 spiro atoms. The van der Waals surface area contributed by atoms with Gasteiger partial charge in [0.25, 0.3) is 0 Å². The summed E-state index contributed by atoms with van der Waals surface area (Å²) in [7, 11) is -3.44. The van der Waals surface area contributed by atoms with E-state index >= 15 is 0 Å². The number of unbranched alkanes of at least 4 members (excludes halogenated alkanes) is 1. The lowest BCUT2D eigenvalue weighted by Gasteiger charge is -2.50. The van der Waals surface area contributed by atoms with Crippen molar-refractivity contribution < 1.29 is 28.6 Å². The second-order valence-corrected chi connectivity index (χ2v) is 22.3. The molecule has 1 fully saturated rings. The van der Waals surface area contributed by atoms with E-state index in [-0.39, 0.29) is 17.8 Å². The summed E-state index contributed by atoms with van der Waals surface area (Å²) in [6, 6.07) is 1.33. The van der Waals surface area contributed by atoms with E-state index in [2.05, 4.69) is 53.9 Å². The van der Waals surface area contributed by atoms with Crippen molar-refractivity contribution in [3.05, 3.63) is 0 Å². The Kier molecular flexibility index (Phi) is 14.6. The molecular formula is C29H58O6Si2. The number of rotatable bonds is 18. The van der Waals surface area contributed by atoms with Gasteiger partial charge in [-0.3, -0.25) is 9.59 Å². The third-order valence-corrected chi connectivity index (χ3v) is 18.0. The number of carboxylic acid groups (broad SMARTS) is 1. The van der Waals surface area contributed by atoms with Crippen LogP contribution in [0.3, 0.4) is 0 Å². The molecule has 4 atom stereocenters. The summed E-state index contributed by atoms with van der Waals surface area (Å²) in [4.78, 5) is 24.0. The normalized spacial score (nSPS) is 22.0. The number of carbonyl (C=O) groups is 2. The van der Waals surface area contributed by atoms with Crippen LogP contribution >= 0.6 is 0 Å². The first kappa shape index (κ1) is 34.3. The lowest BCUT2D eigenvalue weighted by Crippen LogP contribution is -2.60. The molecule has 0 aromatic heterocycles. The first-order valence-electron chi connectivity index (χ1n) is 14.9. The smallest absolute Gasteiger partial charge is 0.309 e. The zero-order chi connectivity index (χ0) is 28.3. The third kappa shape index (κ3) is 10.1. The van der Waals surface area contributed by atoms with Crippen LogP contribution in [0.2, 0.25) is 37.8 Å². The minimum Gasteiger partial charge on any atom is -0.481 e. The molecule has 1 saturated carbocycles. The van der Waals surface area contributed by atoms with Crippen molar-refractivity contribution in [1.82, 2.24) is 0 Å². The highest BCUT2D eigenvalue weighted by molar-refractivity contribution is 6.82. The standard InChI is InChI=1S/C29H58O6Si2/c1-10-13-21-36(6,7)29(11-2,12-3)35-37(8,9)24(5)15-14-18-33-19-20-34-28(32)25-17-16-23(4)22-26(25)27(30)31/h23-26H,10-22H2,1-9H3,(H,30,31). The van der Waals surface area contributed by atoms with Crippen molar-refractivity contribution in [3.63, 3.8) is 0 Å². The van der Waals surface area contributed by atoms with Crippen LogP contribution in [0, 0.1) is 17.8 Å². The van der Waals surface area contributed by atoms with Gasteiger partial charge in [-0.25, -0.2) is 0 Å². The van der Waals surface area contributed by atoms with E-state index in [1.165, 1.54) is 18.9 Å². The van der Waals surface area contributed by atoms with E-state index in [1.54, 1.807) is 0 Å². The van der Waals surface area contributed by atoms with Crippen molar-refractivity contribution >= 4 is 28.3 Å². The molecular weight excluding hydrogens is 500 g/mol. The van der Waals surface area contributed by atoms with E-state index < -0.39 is 34.2 Å². The summed E-state index contributed by atoms with van der Waals surface area (Å²) >= 11 is 0. The van der Waals surface area contributed by atoms with E-state index in [1.807, 2.05) is 6.92 Å². The maximum Gasteiger partial charge on any atom is 0.309 e. The predicted octanol–water partition coefficient (Wildman–Crippen LogP) is 7.68. The number of hydrogen-bond acceptors (Lipinski definition) is 5. The Labute approximate surface area is 229 Å². The molecule has 1 N–H and O–H groups in total. The lowest BCUT2D eigenvalue weighted by atomic mass is 9.74. The molecule has 0 heterocycles. The Morgan fingerprint density at radius 1 is 0.973 bits per heavy atom. The van der Waals surface area contributed by atoms with E-state index in [9.17, 15) is 14.7 Å². The molecule has 0 amide bonds. The fourth-order valence-corrected chi connectivity index (χ4v) is 14.0. The fourth-order valence-electron chi connectivity index (χ4n) is 6.13. The summed E-state index contributed by atoms with van der Waals surface area (Å²) in [5, 5.41) is 9.53. The number of aliphatic carboxylic acids is 1. The van der Waals surface area contributed by atoms with E-state index in [0.717, 1.165) is 32.1 Å². The Balaban J connectivity index is 2.45. The first-order chi connectivity index (χ1) is 17.3. The average molecular weight is 559 g/mol. The van der Waals surface area contributed by atoms with Gasteiger partial charge in [0.1, 0.15) is 6.61 Å². The van der Waals surface area contributed by atoms with Crippen molar-refractivity contribution in [2.45, 2.75) is 135 Å². The van der Waals surface area contributed by atoms with Crippen LogP contribution in [-0.4, -0.2) is 58.5 Å². The van der Waals surface area contributed by atoms with Crippen molar-refractivity contribution in [2.24, 2.45) is 17.8 Å². The summed E-state index contributed by atoms with van der Waals surface area (Å²) < 4.78 is 18.4. The van der Waals surface area contributed by atoms with E-state index in [0.29, 0.717) is 37.5 Å².